The van der Waals surface area contributed by atoms with Gasteiger partial charge in [-0.2, -0.15) is 0 Å². The van der Waals surface area contributed by atoms with Crippen molar-refractivity contribution in [1.82, 2.24) is 4.57 Å². The van der Waals surface area contributed by atoms with Crippen LogP contribution in [0.5, 0.6) is 0 Å². The summed E-state index contributed by atoms with van der Waals surface area (Å²) in [4.78, 5) is 4.65. The van der Waals surface area contributed by atoms with Crippen LogP contribution in [0.25, 0.3) is 311 Å². The number of rotatable bonds is 11. The Morgan fingerprint density at radius 1 is 0.161 bits per heavy atom. The average molecular weight is 1920 g/mol. The van der Waals surface area contributed by atoms with Gasteiger partial charge in [-0.15, -0.1) is 11.3 Å². The van der Waals surface area contributed by atoms with Crippen LogP contribution in [0.4, 0.5) is 34.1 Å². The highest BCUT2D eigenvalue weighted by Crippen LogP contribution is 2.60. The van der Waals surface area contributed by atoms with E-state index in [4.69, 9.17) is 30.9 Å². The number of anilines is 6. The van der Waals surface area contributed by atoms with Crippen LogP contribution in [-0.4, -0.2) is 4.57 Å². The zero-order chi connectivity index (χ0) is 96.8. The molecule has 0 fully saturated rings. The van der Waals surface area contributed by atoms with Crippen LogP contribution in [0.2, 0.25) is 0 Å². The van der Waals surface area contributed by atoms with Gasteiger partial charge < -0.3 is 45.3 Å². The molecule has 3 aliphatic rings. The minimum absolute atomic E-state index is 0.857. The third-order valence-corrected chi connectivity index (χ3v) is 33.0. The van der Waals surface area contributed by atoms with E-state index in [9.17, 15) is 0 Å². The summed E-state index contributed by atoms with van der Waals surface area (Å²) in [6, 6.07) is 163. The third-order valence-electron chi connectivity index (χ3n) is 31.9. The first-order valence-electron chi connectivity index (χ1n) is 50.6. The van der Waals surface area contributed by atoms with Crippen LogP contribution in [0.1, 0.15) is 0 Å². The second-order valence-corrected chi connectivity index (χ2v) is 40.7. The van der Waals surface area contributed by atoms with Crippen LogP contribution >= 0.6 is 11.3 Å². The van der Waals surface area contributed by atoms with E-state index in [2.05, 4.69) is 433 Å². The molecule has 0 saturated carbocycles. The van der Waals surface area contributed by atoms with E-state index in [1.54, 1.807) is 0 Å². The Kier molecular flexibility index (Phi) is 16.5. The summed E-state index contributed by atoms with van der Waals surface area (Å²) in [6.07, 6.45) is 0. The summed E-state index contributed by atoms with van der Waals surface area (Å²) in [5.41, 5.74) is 39.1. The normalized spacial score (nSPS) is 12.4. The Morgan fingerprint density at radius 3 is 1.15 bits per heavy atom. The van der Waals surface area contributed by atoms with Crippen molar-refractivity contribution >= 4 is 273 Å². The lowest BCUT2D eigenvalue weighted by Gasteiger charge is -2.26. The quantitative estimate of drug-likeness (QED) is 0.125. The van der Waals surface area contributed by atoms with Gasteiger partial charge in [-0.25, -0.2) is 0 Å². The van der Waals surface area contributed by atoms with Crippen molar-refractivity contribution in [3.63, 3.8) is 0 Å². The van der Waals surface area contributed by atoms with Gasteiger partial charge in [-0.3, -0.25) is 0 Å². The molecule has 3 aliphatic carbocycles. The Balaban J connectivity index is 0.0000000964. The van der Waals surface area contributed by atoms with Crippen molar-refractivity contribution in [1.29, 1.82) is 0 Å². The van der Waals surface area contributed by atoms with Crippen LogP contribution < -0.4 is 9.80 Å². The fourth-order valence-electron chi connectivity index (χ4n) is 25.7. The Labute approximate surface area is 851 Å². The van der Waals surface area contributed by atoms with Crippen molar-refractivity contribution in [2.24, 2.45) is 0 Å². The summed E-state index contributed by atoms with van der Waals surface area (Å²) in [5, 5.41) is 28.8. The molecule has 0 unspecified atom stereocenters. The van der Waals surface area contributed by atoms with E-state index in [-0.39, 0.29) is 0 Å². The van der Waals surface area contributed by atoms with Gasteiger partial charge in [0.15, 0.2) is 0 Å². The first kappa shape index (κ1) is 80.8. The van der Waals surface area contributed by atoms with E-state index in [0.29, 0.717) is 0 Å². The van der Waals surface area contributed by atoms with Gasteiger partial charge in [-0.1, -0.05) is 261 Å². The number of hydrogen-bond acceptors (Lipinski definition) is 10. The maximum atomic E-state index is 6.57. The summed E-state index contributed by atoms with van der Waals surface area (Å²) >= 11 is 1.90. The van der Waals surface area contributed by atoms with E-state index in [0.717, 1.165) is 189 Å². The second-order valence-electron chi connectivity index (χ2n) is 39.6. The van der Waals surface area contributed by atoms with Crippen molar-refractivity contribution in [2.75, 3.05) is 9.80 Å². The van der Waals surface area contributed by atoms with Crippen molar-refractivity contribution in [3.8, 4) is 83.6 Å². The molecule has 0 N–H and O–H groups in total. The smallest absolute Gasteiger partial charge is 0.137 e. The van der Waals surface area contributed by atoms with Crippen LogP contribution in [-0.2, 0) is 0 Å². The lowest BCUT2D eigenvalue weighted by atomic mass is 9.85. The maximum Gasteiger partial charge on any atom is 0.137 e. The highest BCUT2D eigenvalue weighted by molar-refractivity contribution is 7.26. The van der Waals surface area contributed by atoms with Crippen molar-refractivity contribution in [3.05, 3.63) is 455 Å². The molecular weight excluding hydrogens is 1840 g/mol. The molecule has 149 heavy (non-hydrogen) atoms. The molecule has 11 heteroatoms. The van der Waals surface area contributed by atoms with E-state index < -0.39 is 0 Å². The Morgan fingerprint density at radius 2 is 0.523 bits per heavy atom. The number of nitrogens with zero attached hydrogens (tertiary/aromatic N) is 3. The van der Waals surface area contributed by atoms with E-state index in [1.165, 1.54) is 157 Å². The van der Waals surface area contributed by atoms with Crippen LogP contribution in [0.15, 0.2) is 486 Å². The first-order valence-corrected chi connectivity index (χ1v) is 51.4. The Bertz CT molecular complexity index is 11700. The molecule has 0 aliphatic heterocycles. The molecule has 24 aromatic carbocycles. The minimum Gasteiger partial charge on any atom is -0.456 e. The predicted octanol–water partition coefficient (Wildman–Crippen LogP) is 40.8. The number of para-hydroxylation sites is 4. The number of hydrogen-bond donors (Lipinski definition) is 0. The summed E-state index contributed by atoms with van der Waals surface area (Å²) in [6.45, 7) is 0. The number of furan rings is 7. The van der Waals surface area contributed by atoms with Gasteiger partial charge in [0, 0.05) is 186 Å². The lowest BCUT2D eigenvalue weighted by Crippen LogP contribution is -2.10. The number of aromatic nitrogens is 1. The standard InChI is InChI=1S/C52H28N2O2S.C46H25NO3.C40H22O2/c1-3-15-42-34(10-1)36-22-20-33(28-45(36)56-42)53(32-21-24-44-39(27-32)35-11-2-4-16-43(35)55-44)30-8-5-9-31(26-30)54-40-14-6-12-37-38-13-7-17-46-50(38)52-47(57-46)25-19-29-18-23-41(54)51(48(29)52)49(37)40;1-2-9-28(10-3-1)47(30-18-19-33-32-12-4-5-14-35(32)48-40(33)25-30)29-11-6-8-27(24-29)31-20-23-39-46-42(31)34-13-7-15-36-43(34)44-37(49-36)21-16-26-17-22-38(50-39)45(46)41(26)44;1-2-9-23(10-3-1)25-11-4-5-12-26(25)27-13-6-7-14-28(27)29-19-22-34-40-36(29)30-15-8-16-31-37(30)38-32(41-31)20-17-24-18-21-33(42-34)39(40)35(24)38/h1-28H;1-25H;1-22H. The highest BCUT2D eigenvalue weighted by Gasteiger charge is 2.34. The molecule has 0 bridgehead atoms. The Hall–Kier alpha value is -19.7. The second kappa shape index (κ2) is 30.4. The largest absolute Gasteiger partial charge is 0.456 e. The monoisotopic (exact) mass is 1920 g/mol. The van der Waals surface area contributed by atoms with Gasteiger partial charge in [0.05, 0.1) is 11.0 Å². The molecule has 690 valence electrons. The third kappa shape index (κ3) is 11.5. The maximum absolute atomic E-state index is 6.57. The van der Waals surface area contributed by atoms with Crippen molar-refractivity contribution in [2.45, 2.75) is 0 Å². The zero-order valence-corrected chi connectivity index (χ0v) is 80.2. The van der Waals surface area contributed by atoms with Gasteiger partial charge in [0.1, 0.15) is 78.2 Å². The molecule has 0 amide bonds. The summed E-state index contributed by atoms with van der Waals surface area (Å²) < 4.78 is 50.3. The molecule has 0 radical (unpaired) electrons. The fraction of sp³-hybridized carbons (Fsp3) is 0. The predicted molar refractivity (Wildman–Crippen MR) is 618 cm³/mol. The fourth-order valence-corrected chi connectivity index (χ4v) is 26.9. The first-order chi connectivity index (χ1) is 73.9. The lowest BCUT2D eigenvalue weighted by molar-refractivity contribution is 0.668. The number of thiophene rings is 1. The van der Waals surface area contributed by atoms with E-state index in [1.807, 2.05) is 47.7 Å². The van der Waals surface area contributed by atoms with E-state index >= 15 is 0 Å². The number of benzene rings is 24. The molecule has 9 aromatic heterocycles. The van der Waals surface area contributed by atoms with Gasteiger partial charge in [0.2, 0.25) is 0 Å². The molecule has 10 nitrogen and oxygen atoms in total. The molecular formula is C138H75N3O7S. The SMILES string of the molecule is c1cc(N(c2ccc3c(c2)oc2ccccc23)c2ccc3oc4ccccc4c3c2)cc(-n2c3cccc4c3c3c5c(ccc6sc7cccc-4c7c65)ccc32)c1.c1ccc(-c2ccccc2-c2ccccc2-c2ccc3oc4ccc5ccc6oc7cccc8c7c6c5c4c3c2-8)cc1.c1ccc(N(c2cccc(-c3ccc4oc5ccc6ccc7oc8cccc9c8c7c6c5c4c3-9)c2)c2ccc3c(c2)oc2ccccc23)cc1. The van der Waals surface area contributed by atoms with Gasteiger partial charge >= 0.3 is 0 Å². The van der Waals surface area contributed by atoms with Gasteiger partial charge in [-0.05, 0) is 265 Å². The molecule has 0 saturated heterocycles. The summed E-state index contributed by atoms with van der Waals surface area (Å²) in [7, 11) is 0. The van der Waals surface area contributed by atoms with Crippen LogP contribution in [0, 0.1) is 0 Å². The minimum atomic E-state index is 0.857. The number of fused-ring (bicyclic) bond motifs is 12. The molecule has 33 aromatic rings. The molecule has 36 rings (SSSR count). The molecule has 0 atom stereocenters. The highest BCUT2D eigenvalue weighted by atomic mass is 32.1. The van der Waals surface area contributed by atoms with Crippen LogP contribution in [0.3, 0.4) is 0 Å². The summed E-state index contributed by atoms with van der Waals surface area (Å²) in [5.74, 6) is 0. The van der Waals surface area contributed by atoms with Crippen molar-refractivity contribution < 1.29 is 30.9 Å². The molecule has 9 heterocycles. The van der Waals surface area contributed by atoms with Gasteiger partial charge in [0.25, 0.3) is 0 Å². The zero-order valence-electron chi connectivity index (χ0n) is 79.4. The topological polar surface area (TPSA) is 103 Å². The average Bonchev–Trinajstić information content (AvgIpc) is 1.54. The molecule has 0 spiro atoms.